The Kier molecular flexibility index (Phi) is 11.3. The lowest BCUT2D eigenvalue weighted by molar-refractivity contribution is -0.120. The second kappa shape index (κ2) is 16.2. The Morgan fingerprint density at radius 1 is 0.596 bits per heavy atom. The van der Waals surface area contributed by atoms with Gasteiger partial charge in [-0.05, 0) is 110 Å². The Balaban J connectivity index is 1.03. The van der Waals surface area contributed by atoms with E-state index in [0.29, 0.717) is 48.4 Å². The number of hydrogen-bond acceptors (Lipinski definition) is 4. The highest BCUT2D eigenvalue weighted by molar-refractivity contribution is 6.04. The number of benzene rings is 4. The molecule has 4 aromatic carbocycles. The smallest absolute Gasteiger partial charge is 0.255 e. The van der Waals surface area contributed by atoms with E-state index in [1.807, 2.05) is 125 Å². The van der Waals surface area contributed by atoms with Crippen LogP contribution < -0.4 is 10.6 Å². The molecule has 2 aliphatic heterocycles. The van der Waals surface area contributed by atoms with E-state index in [2.05, 4.69) is 10.6 Å². The number of rotatable bonds is 10. The summed E-state index contributed by atoms with van der Waals surface area (Å²) >= 11 is 0. The first-order chi connectivity index (χ1) is 25.2. The molecule has 0 saturated carbocycles. The zero-order valence-corrected chi connectivity index (χ0v) is 30.6. The Labute approximate surface area is 306 Å². The molecule has 52 heavy (non-hydrogen) atoms. The van der Waals surface area contributed by atoms with Gasteiger partial charge in [-0.15, -0.1) is 0 Å². The third kappa shape index (κ3) is 7.86. The van der Waals surface area contributed by atoms with Crippen molar-refractivity contribution in [2.45, 2.75) is 78.3 Å². The fourth-order valence-corrected chi connectivity index (χ4v) is 7.51. The van der Waals surface area contributed by atoms with Crippen LogP contribution in [0.5, 0.6) is 0 Å². The first-order valence-electron chi connectivity index (χ1n) is 18.5. The van der Waals surface area contributed by atoms with Crippen molar-refractivity contribution in [3.8, 4) is 0 Å². The Bertz CT molecular complexity index is 1840. The first-order valence-corrected chi connectivity index (χ1v) is 18.5. The monoisotopic (exact) mass is 696 g/mol. The second-order valence-corrected chi connectivity index (χ2v) is 13.8. The number of nitrogens with zero attached hydrogens (tertiary/aromatic N) is 2. The molecule has 8 heteroatoms. The molecule has 6 rings (SSSR count). The number of nitrogens with one attached hydrogen (secondary N) is 2. The summed E-state index contributed by atoms with van der Waals surface area (Å²) in [6.07, 6.45) is 8.37. The molecule has 2 N–H and O–H groups in total. The van der Waals surface area contributed by atoms with Crippen LogP contribution in [-0.2, 0) is 22.4 Å². The van der Waals surface area contributed by atoms with Crippen LogP contribution in [0.1, 0.15) is 93.6 Å². The van der Waals surface area contributed by atoms with Crippen molar-refractivity contribution in [3.63, 3.8) is 0 Å². The van der Waals surface area contributed by atoms with Gasteiger partial charge < -0.3 is 20.4 Å². The van der Waals surface area contributed by atoms with Crippen molar-refractivity contribution in [2.75, 3.05) is 23.7 Å². The maximum Gasteiger partial charge on any atom is 0.255 e. The Morgan fingerprint density at radius 3 is 1.35 bits per heavy atom. The molecular weight excluding hydrogens is 649 g/mol. The summed E-state index contributed by atoms with van der Waals surface area (Å²) in [4.78, 5) is 57.3. The molecule has 2 aliphatic rings. The van der Waals surface area contributed by atoms with E-state index in [1.54, 1.807) is 9.80 Å². The summed E-state index contributed by atoms with van der Waals surface area (Å²) in [5.74, 6) is -0.478. The van der Waals surface area contributed by atoms with Crippen molar-refractivity contribution in [1.82, 2.24) is 9.80 Å². The average Bonchev–Trinajstić information content (AvgIpc) is 3.86. The van der Waals surface area contributed by atoms with Gasteiger partial charge in [0.05, 0.1) is 0 Å². The number of anilines is 2. The van der Waals surface area contributed by atoms with Crippen molar-refractivity contribution in [1.29, 1.82) is 0 Å². The molecule has 2 saturated heterocycles. The van der Waals surface area contributed by atoms with Crippen LogP contribution in [0.25, 0.3) is 12.2 Å². The number of carbonyl (C=O) groups is 4. The van der Waals surface area contributed by atoms with E-state index in [1.165, 1.54) is 0 Å². The summed E-state index contributed by atoms with van der Waals surface area (Å²) in [7, 11) is 0. The van der Waals surface area contributed by atoms with Gasteiger partial charge in [0.2, 0.25) is 11.8 Å². The molecule has 268 valence electrons. The molecule has 0 radical (unpaired) electrons. The van der Waals surface area contributed by atoms with Crippen LogP contribution >= 0.6 is 0 Å². The minimum Gasteiger partial charge on any atom is -0.327 e. The highest BCUT2D eigenvalue weighted by Gasteiger charge is 2.37. The topological polar surface area (TPSA) is 98.8 Å². The number of hydrogen-bond donors (Lipinski definition) is 2. The highest BCUT2D eigenvalue weighted by atomic mass is 16.2. The summed E-state index contributed by atoms with van der Waals surface area (Å²) < 4.78 is 0. The van der Waals surface area contributed by atoms with Gasteiger partial charge in [-0.1, -0.05) is 86.7 Å². The number of carbonyl (C=O) groups excluding carboxylic acids is 4. The van der Waals surface area contributed by atoms with Gasteiger partial charge in [0.1, 0.15) is 12.1 Å². The average molecular weight is 697 g/mol. The molecule has 2 fully saturated rings. The van der Waals surface area contributed by atoms with E-state index >= 15 is 0 Å². The molecule has 0 aliphatic carbocycles. The van der Waals surface area contributed by atoms with Crippen LogP contribution in [-0.4, -0.2) is 58.6 Å². The van der Waals surface area contributed by atoms with E-state index in [0.717, 1.165) is 59.1 Å². The summed E-state index contributed by atoms with van der Waals surface area (Å²) in [5, 5.41) is 6.04. The highest BCUT2D eigenvalue weighted by Crippen LogP contribution is 2.27. The van der Waals surface area contributed by atoms with Crippen LogP contribution in [0.3, 0.4) is 0 Å². The van der Waals surface area contributed by atoms with E-state index in [4.69, 9.17) is 0 Å². The summed E-state index contributed by atoms with van der Waals surface area (Å²) in [5.41, 5.74) is 8.60. The molecule has 0 spiro atoms. The van der Waals surface area contributed by atoms with E-state index < -0.39 is 12.1 Å². The molecule has 0 bridgehead atoms. The van der Waals surface area contributed by atoms with Gasteiger partial charge in [0.15, 0.2) is 0 Å². The van der Waals surface area contributed by atoms with Gasteiger partial charge in [0.25, 0.3) is 11.8 Å². The third-order valence-corrected chi connectivity index (χ3v) is 10.4. The Hall–Kier alpha value is -5.50. The maximum absolute atomic E-state index is 13.6. The standard InChI is InChI=1S/C44H48N4O4/c1-5-33-13-7-11-29(3)39(33)43(51)47-27-9-15-37(47)41(49)45-35-23-19-31(20-24-35)17-18-32-21-25-36(26-22-32)46-42(50)38-16-10-28-48(38)44(52)40-30(4)12-8-14-34(40)6-2/h7-8,11-14,17-26,37-38H,5-6,9-10,15-16,27-28H2,1-4H3,(H,45,49)(H,46,50)/t37-,38-/m0/s1. The van der Waals surface area contributed by atoms with Crippen LogP contribution in [0, 0.1) is 13.8 Å². The van der Waals surface area contributed by atoms with Gasteiger partial charge in [-0.3, -0.25) is 19.2 Å². The number of amides is 4. The van der Waals surface area contributed by atoms with Gasteiger partial charge >= 0.3 is 0 Å². The molecule has 2 heterocycles. The zero-order valence-electron chi connectivity index (χ0n) is 30.6. The molecular formula is C44H48N4O4. The van der Waals surface area contributed by atoms with E-state index in [9.17, 15) is 19.2 Å². The zero-order chi connectivity index (χ0) is 36.8. The lowest BCUT2D eigenvalue weighted by Crippen LogP contribution is -2.43. The summed E-state index contributed by atoms with van der Waals surface area (Å²) in [6.45, 7) is 9.13. The normalized spacial score (nSPS) is 17.1. The van der Waals surface area contributed by atoms with Crippen molar-refractivity contribution in [2.24, 2.45) is 0 Å². The largest absolute Gasteiger partial charge is 0.327 e. The minimum absolute atomic E-state index is 0.0696. The predicted molar refractivity (Wildman–Crippen MR) is 208 cm³/mol. The maximum atomic E-state index is 13.6. The quantitative estimate of drug-likeness (QED) is 0.164. The van der Waals surface area contributed by atoms with Crippen molar-refractivity contribution >= 4 is 47.2 Å². The third-order valence-electron chi connectivity index (χ3n) is 10.4. The lowest BCUT2D eigenvalue weighted by atomic mass is 9.98. The molecule has 4 amide bonds. The van der Waals surface area contributed by atoms with Crippen molar-refractivity contribution < 1.29 is 19.2 Å². The van der Waals surface area contributed by atoms with E-state index in [-0.39, 0.29) is 23.6 Å². The van der Waals surface area contributed by atoms with Gasteiger partial charge in [0, 0.05) is 35.6 Å². The molecule has 0 unspecified atom stereocenters. The van der Waals surface area contributed by atoms with Crippen molar-refractivity contribution in [3.05, 3.63) is 129 Å². The molecule has 2 atom stereocenters. The fraction of sp³-hybridized carbons (Fsp3) is 0.318. The van der Waals surface area contributed by atoms with Gasteiger partial charge in [-0.25, -0.2) is 0 Å². The lowest BCUT2D eigenvalue weighted by Gasteiger charge is -2.26. The SMILES string of the molecule is CCc1cccc(C)c1C(=O)N1CCC[C@H]1C(=O)Nc1ccc(C=Cc2ccc(NC(=O)[C@@H]3CCCN3C(=O)c3c(C)cccc3CC)cc2)cc1. The second-order valence-electron chi connectivity index (χ2n) is 13.8. The summed E-state index contributed by atoms with van der Waals surface area (Å²) in [6, 6.07) is 26.0. The van der Waals surface area contributed by atoms with Gasteiger partial charge in [-0.2, -0.15) is 0 Å². The van der Waals surface area contributed by atoms with Crippen LogP contribution in [0.15, 0.2) is 84.9 Å². The Morgan fingerprint density at radius 2 is 0.981 bits per heavy atom. The molecule has 4 aromatic rings. The van der Waals surface area contributed by atoms with Crippen LogP contribution in [0.4, 0.5) is 11.4 Å². The van der Waals surface area contributed by atoms with Crippen LogP contribution in [0.2, 0.25) is 0 Å². The first kappa shape index (κ1) is 36.3. The predicted octanol–water partition coefficient (Wildman–Crippen LogP) is 8.09. The number of likely N-dealkylation sites (tertiary alicyclic amines) is 2. The number of aryl methyl sites for hydroxylation is 4. The molecule has 0 aromatic heterocycles. The molecule has 8 nitrogen and oxygen atoms in total. The minimum atomic E-state index is -0.503. The fourth-order valence-electron chi connectivity index (χ4n) is 7.51.